The second-order valence-corrected chi connectivity index (χ2v) is 8.68. The van der Waals surface area contributed by atoms with Gasteiger partial charge in [-0.3, -0.25) is 24.4 Å². The van der Waals surface area contributed by atoms with Crippen LogP contribution in [-0.2, 0) is 9.59 Å². The van der Waals surface area contributed by atoms with E-state index in [9.17, 15) is 9.59 Å². The van der Waals surface area contributed by atoms with E-state index < -0.39 is 0 Å². The topological polar surface area (TPSA) is 77.0 Å². The quantitative estimate of drug-likeness (QED) is 0.281. The first kappa shape index (κ1) is 20.8. The summed E-state index contributed by atoms with van der Waals surface area (Å²) in [6.45, 7) is 11.4. The second kappa shape index (κ2) is 8.64. The highest BCUT2D eigenvalue weighted by atomic mass is 16.2. The molecule has 156 valence electrons. The van der Waals surface area contributed by atoms with Crippen molar-refractivity contribution in [2.24, 2.45) is 28.7 Å². The third-order valence-electron chi connectivity index (χ3n) is 6.40. The molecule has 7 heteroatoms. The summed E-state index contributed by atoms with van der Waals surface area (Å²) in [6, 6.07) is 0.987. The summed E-state index contributed by atoms with van der Waals surface area (Å²) < 4.78 is 0. The minimum absolute atomic E-state index is 0.0149. The number of hydrogen-bond donors (Lipinski definition) is 2. The molecule has 1 saturated heterocycles. The van der Waals surface area contributed by atoms with Gasteiger partial charge in [0, 0.05) is 45.3 Å². The van der Waals surface area contributed by atoms with Crippen LogP contribution in [0, 0.1) is 23.7 Å². The Morgan fingerprint density at radius 2 is 1.61 bits per heavy atom. The number of nitrogens with one attached hydrogen (secondary N) is 2. The molecule has 2 bridgehead atoms. The predicted octanol–water partition coefficient (Wildman–Crippen LogP) is 1.08. The molecule has 3 rings (SSSR count). The van der Waals surface area contributed by atoms with Crippen molar-refractivity contribution < 1.29 is 9.59 Å². The lowest BCUT2D eigenvalue weighted by Crippen LogP contribution is -2.47. The number of nitrogens with zero attached hydrogens (tertiary/aromatic N) is 3. The second-order valence-electron chi connectivity index (χ2n) is 8.68. The third kappa shape index (κ3) is 3.95. The number of amides is 2. The highest BCUT2D eigenvalue weighted by Crippen LogP contribution is 2.52. The average Bonchev–Trinajstić information content (AvgIpc) is 3.32. The van der Waals surface area contributed by atoms with Crippen molar-refractivity contribution in [2.45, 2.75) is 46.2 Å². The van der Waals surface area contributed by atoms with E-state index in [1.807, 2.05) is 0 Å². The van der Waals surface area contributed by atoms with Gasteiger partial charge < -0.3 is 10.6 Å². The van der Waals surface area contributed by atoms with Crippen molar-refractivity contribution in [3.05, 3.63) is 12.2 Å². The monoisotopic (exact) mass is 389 g/mol. The Bertz CT molecular complexity index is 619. The van der Waals surface area contributed by atoms with Gasteiger partial charge >= 0.3 is 0 Å². The lowest BCUT2D eigenvalue weighted by atomic mass is 9.85. The molecule has 1 heterocycles. The number of aliphatic imine (C=N–C) groups is 1. The SMILES string of the molecule is CN=C(NCCN1C(=O)C2C3C=CC(C3)C2C1=O)NCCN(C(C)C)C(C)C. The first-order chi connectivity index (χ1) is 13.3. The van der Waals surface area contributed by atoms with Crippen molar-refractivity contribution in [1.29, 1.82) is 0 Å². The van der Waals surface area contributed by atoms with E-state index in [0.717, 1.165) is 19.5 Å². The standard InChI is InChI=1S/C21H35N5O2/c1-13(2)25(14(3)4)10-8-23-21(22-5)24-9-11-26-19(27)17-15-6-7-16(12-15)18(17)20(26)28/h6-7,13-18H,8-12H2,1-5H3,(H2,22,23,24). The summed E-state index contributed by atoms with van der Waals surface area (Å²) in [5, 5.41) is 6.55. The van der Waals surface area contributed by atoms with E-state index in [-0.39, 0.29) is 35.5 Å². The minimum atomic E-state index is -0.113. The summed E-state index contributed by atoms with van der Waals surface area (Å²) in [7, 11) is 1.73. The van der Waals surface area contributed by atoms with E-state index in [4.69, 9.17) is 0 Å². The molecule has 1 aliphatic heterocycles. The maximum absolute atomic E-state index is 12.7. The fourth-order valence-corrected chi connectivity index (χ4v) is 5.11. The zero-order chi connectivity index (χ0) is 20.4. The molecule has 28 heavy (non-hydrogen) atoms. The Hall–Kier alpha value is -1.89. The summed E-state index contributed by atoms with van der Waals surface area (Å²) in [5.74, 6) is 1.04. The summed E-state index contributed by atoms with van der Waals surface area (Å²) >= 11 is 0. The van der Waals surface area contributed by atoms with E-state index in [0.29, 0.717) is 31.1 Å². The minimum Gasteiger partial charge on any atom is -0.355 e. The number of carbonyl (C=O) groups excluding carboxylic acids is 2. The van der Waals surface area contributed by atoms with E-state index in [2.05, 4.69) is 60.4 Å². The van der Waals surface area contributed by atoms with Crippen LogP contribution in [0.2, 0.25) is 0 Å². The van der Waals surface area contributed by atoms with Gasteiger partial charge in [0.1, 0.15) is 0 Å². The molecule has 4 unspecified atom stereocenters. The van der Waals surface area contributed by atoms with E-state index in [1.54, 1.807) is 7.05 Å². The van der Waals surface area contributed by atoms with Crippen LogP contribution in [0.15, 0.2) is 17.1 Å². The van der Waals surface area contributed by atoms with Gasteiger partial charge in [-0.25, -0.2) is 0 Å². The van der Waals surface area contributed by atoms with Gasteiger partial charge in [-0.1, -0.05) is 12.2 Å². The Labute approximate surface area is 168 Å². The zero-order valence-electron chi connectivity index (χ0n) is 17.8. The van der Waals surface area contributed by atoms with Crippen LogP contribution in [0.25, 0.3) is 0 Å². The fourth-order valence-electron chi connectivity index (χ4n) is 5.11. The van der Waals surface area contributed by atoms with Gasteiger partial charge in [0.05, 0.1) is 11.8 Å². The van der Waals surface area contributed by atoms with E-state index in [1.165, 1.54) is 4.90 Å². The Balaban J connectivity index is 1.43. The maximum atomic E-state index is 12.7. The molecule has 2 N–H and O–H groups in total. The largest absolute Gasteiger partial charge is 0.355 e. The molecule has 0 radical (unpaired) electrons. The summed E-state index contributed by atoms with van der Waals surface area (Å²) in [5.41, 5.74) is 0. The zero-order valence-corrected chi connectivity index (χ0v) is 17.8. The third-order valence-corrected chi connectivity index (χ3v) is 6.40. The lowest BCUT2D eigenvalue weighted by Gasteiger charge is -2.30. The van der Waals surface area contributed by atoms with Crippen molar-refractivity contribution in [2.75, 3.05) is 33.2 Å². The average molecular weight is 390 g/mol. The van der Waals surface area contributed by atoms with Crippen LogP contribution < -0.4 is 10.6 Å². The van der Waals surface area contributed by atoms with Gasteiger partial charge in [0.2, 0.25) is 11.8 Å². The van der Waals surface area contributed by atoms with Crippen molar-refractivity contribution in [1.82, 2.24) is 20.4 Å². The van der Waals surface area contributed by atoms with Crippen molar-refractivity contribution in [3.8, 4) is 0 Å². The molecular weight excluding hydrogens is 354 g/mol. The number of rotatable bonds is 8. The Kier molecular flexibility index (Phi) is 6.43. The molecule has 2 aliphatic carbocycles. The van der Waals surface area contributed by atoms with E-state index >= 15 is 0 Å². The lowest BCUT2D eigenvalue weighted by molar-refractivity contribution is -0.140. The van der Waals surface area contributed by atoms with Crippen LogP contribution >= 0.6 is 0 Å². The Morgan fingerprint density at radius 1 is 1.07 bits per heavy atom. The number of hydrogen-bond acceptors (Lipinski definition) is 4. The van der Waals surface area contributed by atoms with Gasteiger partial charge in [0.25, 0.3) is 0 Å². The first-order valence-corrected chi connectivity index (χ1v) is 10.6. The number of imide groups is 1. The van der Waals surface area contributed by atoms with Crippen LogP contribution in [-0.4, -0.2) is 72.9 Å². The number of fused-ring (bicyclic) bond motifs is 5. The van der Waals surface area contributed by atoms with Crippen LogP contribution in [0.1, 0.15) is 34.1 Å². The molecule has 2 amide bonds. The Morgan fingerprint density at radius 3 is 2.11 bits per heavy atom. The van der Waals surface area contributed by atoms with Gasteiger partial charge in [-0.2, -0.15) is 0 Å². The number of carbonyl (C=O) groups is 2. The first-order valence-electron chi connectivity index (χ1n) is 10.6. The molecule has 0 spiro atoms. The normalized spacial score (nSPS) is 29.0. The van der Waals surface area contributed by atoms with Gasteiger partial charge in [-0.05, 0) is 46.0 Å². The highest BCUT2D eigenvalue weighted by Gasteiger charge is 2.58. The molecule has 0 aromatic heterocycles. The number of allylic oxidation sites excluding steroid dienone is 2. The van der Waals surface area contributed by atoms with Crippen LogP contribution in [0.5, 0.6) is 0 Å². The molecule has 0 aromatic rings. The van der Waals surface area contributed by atoms with Gasteiger partial charge in [-0.15, -0.1) is 0 Å². The smallest absolute Gasteiger partial charge is 0.233 e. The molecule has 3 aliphatic rings. The number of likely N-dealkylation sites (tertiary alicyclic amines) is 1. The summed E-state index contributed by atoms with van der Waals surface area (Å²) in [4.78, 5) is 33.5. The van der Waals surface area contributed by atoms with Crippen LogP contribution in [0.3, 0.4) is 0 Å². The van der Waals surface area contributed by atoms with Gasteiger partial charge in [0.15, 0.2) is 5.96 Å². The molecule has 7 nitrogen and oxygen atoms in total. The fraction of sp³-hybridized carbons (Fsp3) is 0.762. The molecule has 0 aromatic carbocycles. The maximum Gasteiger partial charge on any atom is 0.233 e. The van der Waals surface area contributed by atoms with Crippen LogP contribution in [0.4, 0.5) is 0 Å². The molecular formula is C21H35N5O2. The predicted molar refractivity (Wildman–Crippen MR) is 111 cm³/mol. The highest BCUT2D eigenvalue weighted by molar-refractivity contribution is 6.06. The molecule has 2 fully saturated rings. The molecule has 1 saturated carbocycles. The van der Waals surface area contributed by atoms with Crippen molar-refractivity contribution in [3.63, 3.8) is 0 Å². The summed E-state index contributed by atoms with van der Waals surface area (Å²) in [6.07, 6.45) is 5.23. The molecule has 4 atom stereocenters. The van der Waals surface area contributed by atoms with Crippen molar-refractivity contribution >= 4 is 17.8 Å². The number of guanidine groups is 1.